The molecule has 4 rings (SSSR count). The van der Waals surface area contributed by atoms with Crippen molar-refractivity contribution in [3.63, 3.8) is 0 Å². The minimum Gasteiger partial charge on any atom is -0.426 e. The van der Waals surface area contributed by atoms with Gasteiger partial charge in [-0.05, 0) is 32.8 Å². The number of H-pyrrole nitrogens is 1. The minimum atomic E-state index is -1.46. The highest BCUT2D eigenvalue weighted by atomic mass is 31.2. The second-order valence-corrected chi connectivity index (χ2v) is 7.91. The van der Waals surface area contributed by atoms with Crippen molar-refractivity contribution in [3.8, 4) is 5.75 Å². The van der Waals surface area contributed by atoms with Crippen LogP contribution in [0.4, 0.5) is 0 Å². The number of fused-ring (bicyclic) bond motifs is 1. The number of aromatic nitrogens is 2. The quantitative estimate of drug-likeness (QED) is 0.805. The van der Waals surface area contributed by atoms with Gasteiger partial charge in [-0.1, -0.05) is 17.7 Å². The van der Waals surface area contributed by atoms with Gasteiger partial charge in [-0.25, -0.2) is 4.79 Å². The topological polar surface area (TPSA) is 91.8 Å². The lowest BCUT2D eigenvalue weighted by atomic mass is 10.1. The maximum atomic E-state index is 12.0. The fourth-order valence-corrected chi connectivity index (χ4v) is 4.21. The van der Waals surface area contributed by atoms with Gasteiger partial charge in [-0.3, -0.25) is 23.4 Å². The maximum absolute atomic E-state index is 12.0. The highest BCUT2D eigenvalue weighted by Gasteiger charge is 2.30. The summed E-state index contributed by atoms with van der Waals surface area (Å²) in [4.78, 5) is 25.8. The first-order valence-corrected chi connectivity index (χ1v) is 9.90. The summed E-state index contributed by atoms with van der Waals surface area (Å²) in [5.41, 5.74) is 1.80. The monoisotopic (exact) mass is 392 g/mol. The van der Waals surface area contributed by atoms with Crippen LogP contribution in [0.2, 0.25) is 0 Å². The standard InChI is InChI=1S/C18H21N2O6P/c1-11-3-5-15-13(7-11)9-23-27(26-15)24-10-14-4-6-16(25-14)20-8-12(2)17(21)19-18(20)22/h3,5,7-8,14,16H,4,6,9-10H2,1-2H3,(H,19,21,22). The van der Waals surface area contributed by atoms with E-state index in [0.29, 0.717) is 25.2 Å². The molecule has 3 unspecified atom stereocenters. The average Bonchev–Trinajstić information content (AvgIpc) is 3.11. The third-order valence-corrected chi connectivity index (χ3v) is 5.67. The molecule has 2 aromatic rings. The zero-order valence-corrected chi connectivity index (χ0v) is 16.0. The van der Waals surface area contributed by atoms with Crippen LogP contribution in [0.3, 0.4) is 0 Å². The molecule has 3 heterocycles. The third-order valence-electron chi connectivity index (χ3n) is 4.62. The molecule has 144 valence electrons. The van der Waals surface area contributed by atoms with E-state index in [1.807, 2.05) is 25.1 Å². The largest absolute Gasteiger partial charge is 0.426 e. The number of hydrogen-bond donors (Lipinski definition) is 1. The van der Waals surface area contributed by atoms with Crippen molar-refractivity contribution in [2.45, 2.75) is 45.6 Å². The molecule has 3 atom stereocenters. The summed E-state index contributed by atoms with van der Waals surface area (Å²) in [6.45, 7) is 4.46. The fraction of sp³-hybridized carbons (Fsp3) is 0.444. The molecule has 0 aliphatic carbocycles. The Morgan fingerprint density at radius 2 is 2.15 bits per heavy atom. The molecule has 1 N–H and O–H groups in total. The molecule has 0 amide bonds. The van der Waals surface area contributed by atoms with Gasteiger partial charge in [0.25, 0.3) is 5.56 Å². The fourth-order valence-electron chi connectivity index (χ4n) is 3.16. The molecule has 0 saturated carbocycles. The molecular weight excluding hydrogens is 371 g/mol. The van der Waals surface area contributed by atoms with Crippen molar-refractivity contribution >= 4 is 8.60 Å². The first kappa shape index (κ1) is 18.4. The smallest absolute Gasteiger partial charge is 0.397 e. The molecule has 2 aliphatic rings. The van der Waals surface area contributed by atoms with Gasteiger partial charge in [-0.15, -0.1) is 0 Å². The van der Waals surface area contributed by atoms with Crippen LogP contribution in [0, 0.1) is 13.8 Å². The lowest BCUT2D eigenvalue weighted by molar-refractivity contribution is -0.0230. The van der Waals surface area contributed by atoms with E-state index in [9.17, 15) is 9.59 Å². The number of benzene rings is 1. The highest BCUT2D eigenvalue weighted by molar-refractivity contribution is 7.42. The Balaban J connectivity index is 1.33. The summed E-state index contributed by atoms with van der Waals surface area (Å²) in [5.74, 6) is 0.790. The SMILES string of the molecule is Cc1ccc2c(c1)COP(OCC1CCC(n3cc(C)c(=O)[nH]c3=O)O1)O2. The molecule has 1 fully saturated rings. The van der Waals surface area contributed by atoms with Gasteiger partial charge in [-0.2, -0.15) is 0 Å². The van der Waals surface area contributed by atoms with Crippen molar-refractivity contribution < 1.29 is 18.3 Å². The maximum Gasteiger partial charge on any atom is 0.397 e. The van der Waals surface area contributed by atoms with Crippen molar-refractivity contribution in [1.29, 1.82) is 0 Å². The Bertz CT molecular complexity index is 956. The van der Waals surface area contributed by atoms with E-state index in [-0.39, 0.29) is 11.7 Å². The van der Waals surface area contributed by atoms with Gasteiger partial charge in [0, 0.05) is 17.3 Å². The summed E-state index contributed by atoms with van der Waals surface area (Å²) in [7, 11) is -1.46. The normalized spacial score (nSPS) is 24.4. The summed E-state index contributed by atoms with van der Waals surface area (Å²) in [5, 5.41) is 0. The van der Waals surface area contributed by atoms with Crippen molar-refractivity contribution in [2.75, 3.05) is 6.61 Å². The molecule has 1 aromatic heterocycles. The van der Waals surface area contributed by atoms with Gasteiger partial charge < -0.3 is 9.26 Å². The van der Waals surface area contributed by atoms with Crippen LogP contribution in [0.15, 0.2) is 34.0 Å². The van der Waals surface area contributed by atoms with Crippen molar-refractivity contribution in [2.24, 2.45) is 0 Å². The molecule has 27 heavy (non-hydrogen) atoms. The van der Waals surface area contributed by atoms with Crippen LogP contribution in [0.1, 0.15) is 35.8 Å². The van der Waals surface area contributed by atoms with E-state index in [4.69, 9.17) is 18.3 Å². The van der Waals surface area contributed by atoms with Crippen LogP contribution < -0.4 is 15.8 Å². The first-order valence-electron chi connectivity index (χ1n) is 8.80. The highest BCUT2D eigenvalue weighted by Crippen LogP contribution is 2.47. The van der Waals surface area contributed by atoms with Crippen LogP contribution in [-0.4, -0.2) is 22.3 Å². The van der Waals surface area contributed by atoms with Gasteiger partial charge in [0.05, 0.1) is 19.3 Å². The Labute approximate surface area is 157 Å². The second-order valence-electron chi connectivity index (χ2n) is 6.76. The molecule has 8 nitrogen and oxygen atoms in total. The van der Waals surface area contributed by atoms with E-state index in [1.165, 1.54) is 10.8 Å². The van der Waals surface area contributed by atoms with E-state index < -0.39 is 20.5 Å². The Morgan fingerprint density at radius 3 is 3.00 bits per heavy atom. The number of ether oxygens (including phenoxy) is 1. The number of nitrogens with zero attached hydrogens (tertiary/aromatic N) is 1. The van der Waals surface area contributed by atoms with E-state index in [1.54, 1.807) is 6.92 Å². The van der Waals surface area contributed by atoms with E-state index >= 15 is 0 Å². The van der Waals surface area contributed by atoms with Crippen LogP contribution in [-0.2, 0) is 20.4 Å². The lowest BCUT2D eigenvalue weighted by Crippen LogP contribution is -2.33. The van der Waals surface area contributed by atoms with Crippen LogP contribution in [0.5, 0.6) is 5.75 Å². The molecule has 0 spiro atoms. The Hall–Kier alpha value is -1.99. The predicted octanol–water partition coefficient (Wildman–Crippen LogP) is 2.68. The molecule has 2 aliphatic heterocycles. The zero-order valence-electron chi connectivity index (χ0n) is 15.1. The van der Waals surface area contributed by atoms with Crippen LogP contribution in [0.25, 0.3) is 0 Å². The Kier molecular flexibility index (Phi) is 5.14. The molecular formula is C18H21N2O6P. The number of aromatic amines is 1. The molecule has 0 bridgehead atoms. The van der Waals surface area contributed by atoms with Gasteiger partial charge in [0.2, 0.25) is 0 Å². The molecule has 0 radical (unpaired) electrons. The number of rotatable bonds is 4. The Morgan fingerprint density at radius 1 is 1.30 bits per heavy atom. The summed E-state index contributed by atoms with van der Waals surface area (Å²) >= 11 is 0. The van der Waals surface area contributed by atoms with Gasteiger partial charge in [0.15, 0.2) is 0 Å². The molecule has 1 saturated heterocycles. The zero-order chi connectivity index (χ0) is 19.0. The summed E-state index contributed by atoms with van der Waals surface area (Å²) < 4.78 is 24.5. The average molecular weight is 392 g/mol. The van der Waals surface area contributed by atoms with Gasteiger partial charge in [0.1, 0.15) is 12.0 Å². The number of nitrogens with one attached hydrogen (secondary N) is 1. The van der Waals surface area contributed by atoms with Crippen LogP contribution >= 0.6 is 8.60 Å². The predicted molar refractivity (Wildman–Crippen MR) is 98.7 cm³/mol. The lowest BCUT2D eigenvalue weighted by Gasteiger charge is -2.25. The summed E-state index contributed by atoms with van der Waals surface area (Å²) in [6.07, 6.45) is 2.37. The molecule has 9 heteroatoms. The summed E-state index contributed by atoms with van der Waals surface area (Å²) in [6, 6.07) is 5.96. The second kappa shape index (κ2) is 7.56. The first-order chi connectivity index (χ1) is 13.0. The van der Waals surface area contributed by atoms with Crippen molar-refractivity contribution in [1.82, 2.24) is 9.55 Å². The third kappa shape index (κ3) is 3.99. The number of aryl methyl sites for hydroxylation is 2. The minimum absolute atomic E-state index is 0.164. The molecule has 1 aromatic carbocycles. The van der Waals surface area contributed by atoms with Gasteiger partial charge >= 0.3 is 14.3 Å². The van der Waals surface area contributed by atoms with Crippen molar-refractivity contribution in [3.05, 3.63) is 61.9 Å². The number of hydrogen-bond acceptors (Lipinski definition) is 6. The van der Waals surface area contributed by atoms with E-state index in [0.717, 1.165) is 23.3 Å². The van der Waals surface area contributed by atoms with E-state index in [2.05, 4.69) is 4.98 Å².